The van der Waals surface area contributed by atoms with Crippen LogP contribution >= 0.6 is 15.9 Å². The van der Waals surface area contributed by atoms with Crippen molar-refractivity contribution in [2.24, 2.45) is 11.0 Å². The molecule has 0 aromatic heterocycles. The zero-order chi connectivity index (χ0) is 17.6. The second kappa shape index (κ2) is 6.30. The molecule has 4 rings (SSSR count). The van der Waals surface area contributed by atoms with Crippen molar-refractivity contribution >= 4 is 27.5 Å². The number of methoxy groups -OCH3 is 1. The lowest BCUT2D eigenvalue weighted by Gasteiger charge is -2.29. The van der Waals surface area contributed by atoms with Gasteiger partial charge >= 0.3 is 0 Å². The van der Waals surface area contributed by atoms with Crippen molar-refractivity contribution in [3.05, 3.63) is 63.6 Å². The molecule has 2 aromatic rings. The number of carbonyl (C=O) groups excluding carboxylic acids is 1. The van der Waals surface area contributed by atoms with Crippen LogP contribution < -0.4 is 4.74 Å². The van der Waals surface area contributed by atoms with Gasteiger partial charge in [0.2, 0.25) is 5.91 Å². The summed E-state index contributed by atoms with van der Waals surface area (Å²) in [5.74, 6) is 1.01. The Kier molecular flexibility index (Phi) is 4.12. The Balaban J connectivity index is 1.80. The summed E-state index contributed by atoms with van der Waals surface area (Å²) in [6.07, 6.45) is 1.98. The third-order valence-corrected chi connectivity index (χ3v) is 5.59. The lowest BCUT2D eigenvalue weighted by atomic mass is 9.77. The average Bonchev–Trinajstić information content (AvgIpc) is 3.02. The van der Waals surface area contributed by atoms with Gasteiger partial charge in [-0.2, -0.15) is 5.10 Å². The van der Waals surface area contributed by atoms with Crippen LogP contribution in [0.3, 0.4) is 0 Å². The van der Waals surface area contributed by atoms with E-state index in [-0.39, 0.29) is 17.9 Å². The molecule has 1 heterocycles. The zero-order valence-corrected chi connectivity index (χ0v) is 15.8. The van der Waals surface area contributed by atoms with Crippen LogP contribution in [0.5, 0.6) is 5.75 Å². The number of nitrogens with zero attached hydrogens (tertiary/aromatic N) is 2. The zero-order valence-electron chi connectivity index (χ0n) is 14.2. The molecule has 5 heteroatoms. The molecule has 2 aliphatic rings. The first kappa shape index (κ1) is 16.3. The molecule has 2 aromatic carbocycles. The monoisotopic (exact) mass is 398 g/mol. The number of hydrazone groups is 1. The SMILES string of the molecule is COc1ccc2c(c1)C1=NN(C(C)=O)[C@@H](c3ccc(Br)cc3)[C@H]1CC2. The molecule has 4 nitrogen and oxygen atoms in total. The van der Waals surface area contributed by atoms with Crippen LogP contribution in [0.1, 0.15) is 36.1 Å². The first-order valence-electron chi connectivity index (χ1n) is 8.39. The molecule has 0 bridgehead atoms. The minimum absolute atomic E-state index is 0.0285. The van der Waals surface area contributed by atoms with Crippen LogP contribution in [0.15, 0.2) is 52.0 Å². The van der Waals surface area contributed by atoms with Crippen LogP contribution in [-0.2, 0) is 11.2 Å². The number of hydrogen-bond acceptors (Lipinski definition) is 3. The summed E-state index contributed by atoms with van der Waals surface area (Å²) < 4.78 is 6.42. The molecule has 1 aliphatic carbocycles. The number of benzene rings is 2. The number of ether oxygens (including phenoxy) is 1. The van der Waals surface area contributed by atoms with Gasteiger partial charge in [0.05, 0.1) is 18.9 Å². The van der Waals surface area contributed by atoms with Gasteiger partial charge in [0.1, 0.15) is 5.75 Å². The number of halogens is 1. The van der Waals surface area contributed by atoms with Crippen LogP contribution in [0.4, 0.5) is 0 Å². The average molecular weight is 399 g/mol. The van der Waals surface area contributed by atoms with Gasteiger partial charge in [0, 0.05) is 22.9 Å². The molecule has 0 fully saturated rings. The fraction of sp³-hybridized carbons (Fsp3) is 0.300. The predicted octanol–water partition coefficient (Wildman–Crippen LogP) is 4.33. The van der Waals surface area contributed by atoms with Crippen molar-refractivity contribution in [2.75, 3.05) is 7.11 Å². The summed E-state index contributed by atoms with van der Waals surface area (Å²) in [5, 5.41) is 6.39. The van der Waals surface area contributed by atoms with Crippen molar-refractivity contribution in [1.29, 1.82) is 0 Å². The molecule has 2 atom stereocenters. The standard InChI is InChI=1S/C20H19BrN2O2/c1-12(24)23-20(14-3-7-15(21)8-4-14)17-10-6-13-5-9-16(25-2)11-18(13)19(17)22-23/h3-5,7-9,11,17,20H,6,10H2,1-2H3/t17-,20-/m0/s1. The highest BCUT2D eigenvalue weighted by Crippen LogP contribution is 2.44. The van der Waals surface area contributed by atoms with E-state index in [0.29, 0.717) is 0 Å². The molecular formula is C20H19BrN2O2. The van der Waals surface area contributed by atoms with E-state index in [9.17, 15) is 4.79 Å². The van der Waals surface area contributed by atoms with Crippen molar-refractivity contribution in [1.82, 2.24) is 5.01 Å². The molecule has 128 valence electrons. The first-order chi connectivity index (χ1) is 12.1. The Morgan fingerprint density at radius 2 is 2.00 bits per heavy atom. The summed E-state index contributed by atoms with van der Waals surface area (Å²) >= 11 is 3.48. The number of rotatable bonds is 2. The largest absolute Gasteiger partial charge is 0.497 e. The normalized spacial score (nSPS) is 21.4. The highest BCUT2D eigenvalue weighted by atomic mass is 79.9. The van der Waals surface area contributed by atoms with E-state index in [1.807, 2.05) is 24.3 Å². The highest BCUT2D eigenvalue weighted by molar-refractivity contribution is 9.10. The maximum Gasteiger partial charge on any atom is 0.240 e. The van der Waals surface area contributed by atoms with Crippen LogP contribution in [0.25, 0.3) is 0 Å². The van der Waals surface area contributed by atoms with Gasteiger partial charge in [-0.25, -0.2) is 5.01 Å². The van der Waals surface area contributed by atoms with Gasteiger partial charge in [-0.15, -0.1) is 0 Å². The second-order valence-electron chi connectivity index (χ2n) is 6.51. The first-order valence-corrected chi connectivity index (χ1v) is 9.19. The summed E-state index contributed by atoms with van der Waals surface area (Å²) in [7, 11) is 1.67. The molecule has 0 spiro atoms. The quantitative estimate of drug-likeness (QED) is 0.755. The van der Waals surface area contributed by atoms with Crippen LogP contribution in [-0.4, -0.2) is 23.7 Å². The fourth-order valence-electron chi connectivity index (χ4n) is 3.87. The number of fused-ring (bicyclic) bond motifs is 3. The molecule has 0 saturated heterocycles. The Bertz CT molecular complexity index is 860. The Hall–Kier alpha value is -2.14. The molecular weight excluding hydrogens is 380 g/mol. The predicted molar refractivity (Wildman–Crippen MR) is 101 cm³/mol. The molecule has 1 aliphatic heterocycles. The third kappa shape index (κ3) is 2.76. The van der Waals surface area contributed by atoms with Crippen LogP contribution in [0, 0.1) is 5.92 Å². The number of aryl methyl sites for hydroxylation is 1. The summed E-state index contributed by atoms with van der Waals surface area (Å²) in [4.78, 5) is 12.3. The maximum absolute atomic E-state index is 12.3. The van der Waals surface area contributed by atoms with Gasteiger partial charge in [-0.3, -0.25) is 4.79 Å². The van der Waals surface area contributed by atoms with Crippen molar-refractivity contribution in [3.8, 4) is 5.75 Å². The van der Waals surface area contributed by atoms with E-state index in [1.54, 1.807) is 19.0 Å². The third-order valence-electron chi connectivity index (χ3n) is 5.06. The summed E-state index contributed by atoms with van der Waals surface area (Å²) in [6.45, 7) is 1.58. The van der Waals surface area contributed by atoms with Crippen LogP contribution in [0.2, 0.25) is 0 Å². The van der Waals surface area contributed by atoms with Gasteiger partial charge in [-0.1, -0.05) is 34.1 Å². The molecule has 25 heavy (non-hydrogen) atoms. The van der Waals surface area contributed by atoms with Gasteiger partial charge in [-0.05, 0) is 48.2 Å². The van der Waals surface area contributed by atoms with E-state index in [0.717, 1.165) is 39.9 Å². The maximum atomic E-state index is 12.3. The second-order valence-corrected chi connectivity index (χ2v) is 7.43. The number of amides is 1. The van der Waals surface area contributed by atoms with E-state index in [1.165, 1.54) is 5.56 Å². The minimum atomic E-state index is -0.0417. The van der Waals surface area contributed by atoms with Crippen molar-refractivity contribution < 1.29 is 9.53 Å². The highest BCUT2D eigenvalue weighted by Gasteiger charge is 2.43. The minimum Gasteiger partial charge on any atom is -0.497 e. The Labute approximate surface area is 155 Å². The molecule has 0 radical (unpaired) electrons. The van der Waals surface area contributed by atoms with Crippen molar-refractivity contribution in [3.63, 3.8) is 0 Å². The van der Waals surface area contributed by atoms with E-state index < -0.39 is 0 Å². The van der Waals surface area contributed by atoms with E-state index >= 15 is 0 Å². The van der Waals surface area contributed by atoms with Gasteiger partial charge in [0.25, 0.3) is 0 Å². The Morgan fingerprint density at radius 1 is 1.24 bits per heavy atom. The smallest absolute Gasteiger partial charge is 0.240 e. The molecule has 1 amide bonds. The summed E-state index contributed by atoms with van der Waals surface area (Å²) in [5.41, 5.74) is 4.51. The topological polar surface area (TPSA) is 41.9 Å². The van der Waals surface area contributed by atoms with E-state index in [2.05, 4.69) is 34.1 Å². The van der Waals surface area contributed by atoms with E-state index in [4.69, 9.17) is 9.84 Å². The van der Waals surface area contributed by atoms with Gasteiger partial charge < -0.3 is 4.74 Å². The number of carbonyl (C=O) groups is 1. The number of hydrogen-bond donors (Lipinski definition) is 0. The Morgan fingerprint density at radius 3 is 2.68 bits per heavy atom. The lowest BCUT2D eigenvalue weighted by Crippen LogP contribution is -2.31. The van der Waals surface area contributed by atoms with Crippen molar-refractivity contribution in [2.45, 2.75) is 25.8 Å². The van der Waals surface area contributed by atoms with Gasteiger partial charge in [0.15, 0.2) is 0 Å². The molecule has 0 unspecified atom stereocenters. The summed E-state index contributed by atoms with van der Waals surface area (Å²) in [6, 6.07) is 14.3. The molecule has 0 saturated carbocycles. The molecule has 0 N–H and O–H groups in total. The lowest BCUT2D eigenvalue weighted by molar-refractivity contribution is -0.131. The fourth-order valence-corrected chi connectivity index (χ4v) is 4.13.